The fraction of sp³-hybridized carbons (Fsp3) is 0. The summed E-state index contributed by atoms with van der Waals surface area (Å²) in [6.07, 6.45) is 1.60. The highest BCUT2D eigenvalue weighted by Crippen LogP contribution is 2.16. The van der Waals surface area contributed by atoms with Gasteiger partial charge in [-0.2, -0.15) is 9.50 Å². The van der Waals surface area contributed by atoms with E-state index in [9.17, 15) is 13.6 Å². The zero-order chi connectivity index (χ0) is 16.7. The quantitative estimate of drug-likeness (QED) is 0.563. The predicted molar refractivity (Wildman–Crippen MR) is 87.7 cm³/mol. The van der Waals surface area contributed by atoms with E-state index in [-0.39, 0.29) is 17.2 Å². The third-order valence-electron chi connectivity index (χ3n) is 3.43. The lowest BCUT2D eigenvalue weighted by molar-refractivity contribution is 0.627. The lowest BCUT2D eigenvalue weighted by Gasteiger charge is -1.93. The largest absolute Gasteiger partial charge is 0.291 e. The monoisotopic (exact) mass is 341 g/mol. The second-order valence-corrected chi connectivity index (χ2v) is 6.12. The van der Waals surface area contributed by atoms with Crippen LogP contribution in [0, 0.1) is 11.6 Å². The Labute approximate surface area is 138 Å². The van der Waals surface area contributed by atoms with Crippen molar-refractivity contribution in [3.8, 4) is 11.4 Å². The van der Waals surface area contributed by atoms with E-state index in [0.29, 0.717) is 26.4 Å². The van der Waals surface area contributed by atoms with Crippen molar-refractivity contribution >= 4 is 22.4 Å². The van der Waals surface area contributed by atoms with Gasteiger partial charge in [0.15, 0.2) is 5.82 Å². The average Bonchev–Trinajstić information content (AvgIpc) is 3.09. The molecular formula is C17H9F2N3OS. The van der Waals surface area contributed by atoms with Crippen LogP contribution in [-0.4, -0.2) is 14.6 Å². The maximum atomic E-state index is 13.2. The molecule has 0 amide bonds. The molecule has 0 unspecified atom stereocenters. The fourth-order valence-electron chi connectivity index (χ4n) is 2.30. The van der Waals surface area contributed by atoms with Crippen LogP contribution in [0.5, 0.6) is 0 Å². The number of nitrogens with zero attached hydrogens (tertiary/aromatic N) is 3. The molecule has 4 nitrogen and oxygen atoms in total. The van der Waals surface area contributed by atoms with E-state index in [0.717, 1.165) is 0 Å². The topological polar surface area (TPSA) is 47.3 Å². The van der Waals surface area contributed by atoms with Gasteiger partial charge in [0.25, 0.3) is 5.56 Å². The molecule has 24 heavy (non-hydrogen) atoms. The first-order chi connectivity index (χ1) is 11.6. The van der Waals surface area contributed by atoms with Crippen LogP contribution in [-0.2, 0) is 0 Å². The summed E-state index contributed by atoms with van der Waals surface area (Å²) in [7, 11) is 0. The molecule has 2 aromatic heterocycles. The summed E-state index contributed by atoms with van der Waals surface area (Å²) in [5.41, 5.74) is 0.901. The second-order valence-electron chi connectivity index (χ2n) is 5.11. The summed E-state index contributed by atoms with van der Waals surface area (Å²) >= 11 is 1.17. The van der Waals surface area contributed by atoms with Gasteiger partial charge in [-0.3, -0.25) is 4.79 Å². The van der Waals surface area contributed by atoms with Crippen LogP contribution in [0.15, 0.2) is 53.3 Å². The van der Waals surface area contributed by atoms with E-state index in [1.807, 2.05) is 0 Å². The molecule has 2 heterocycles. The number of rotatable bonds is 2. The Balaban J connectivity index is 1.81. The van der Waals surface area contributed by atoms with Crippen LogP contribution in [0.25, 0.3) is 22.4 Å². The minimum absolute atomic E-state index is 0.319. The molecule has 0 atom stereocenters. The Morgan fingerprint density at radius 1 is 1.04 bits per heavy atom. The zero-order valence-electron chi connectivity index (χ0n) is 12.1. The first-order valence-corrected chi connectivity index (χ1v) is 7.84. The van der Waals surface area contributed by atoms with Gasteiger partial charge in [0.2, 0.25) is 4.96 Å². The lowest BCUT2D eigenvalue weighted by atomic mass is 10.2. The van der Waals surface area contributed by atoms with E-state index in [2.05, 4.69) is 10.1 Å². The third-order valence-corrected chi connectivity index (χ3v) is 4.39. The SMILES string of the molecule is O=c1c(=Cc2cccc(F)c2)sc2nc(-c3ccc(F)cc3)nn12. The van der Waals surface area contributed by atoms with Crippen molar-refractivity contribution in [2.24, 2.45) is 0 Å². The Kier molecular flexibility index (Phi) is 3.42. The van der Waals surface area contributed by atoms with Crippen molar-refractivity contribution < 1.29 is 8.78 Å². The molecule has 0 saturated carbocycles. The van der Waals surface area contributed by atoms with Gasteiger partial charge in [-0.25, -0.2) is 8.78 Å². The highest BCUT2D eigenvalue weighted by atomic mass is 32.1. The fourth-order valence-corrected chi connectivity index (χ4v) is 3.21. The number of benzene rings is 2. The molecule has 0 bridgehead atoms. The van der Waals surface area contributed by atoms with Crippen LogP contribution in [0.3, 0.4) is 0 Å². The van der Waals surface area contributed by atoms with Crippen LogP contribution >= 0.6 is 11.3 Å². The minimum atomic E-state index is -0.366. The van der Waals surface area contributed by atoms with Gasteiger partial charge < -0.3 is 0 Å². The molecule has 0 aliphatic rings. The summed E-state index contributed by atoms with van der Waals surface area (Å²) in [4.78, 5) is 17.1. The number of halogens is 2. The predicted octanol–water partition coefficient (Wildman–Crippen LogP) is 2.64. The van der Waals surface area contributed by atoms with Gasteiger partial charge in [0.1, 0.15) is 11.6 Å². The van der Waals surface area contributed by atoms with E-state index < -0.39 is 0 Å². The number of thiazole rings is 1. The molecule has 0 spiro atoms. The van der Waals surface area contributed by atoms with Crippen molar-refractivity contribution in [3.63, 3.8) is 0 Å². The summed E-state index contributed by atoms with van der Waals surface area (Å²) in [5, 5.41) is 4.18. The van der Waals surface area contributed by atoms with Crippen LogP contribution < -0.4 is 10.1 Å². The summed E-state index contributed by atoms with van der Waals surface area (Å²) in [5.74, 6) is -0.360. The van der Waals surface area contributed by atoms with E-state index in [1.54, 1.807) is 30.3 Å². The number of hydrogen-bond acceptors (Lipinski definition) is 4. The number of fused-ring (bicyclic) bond motifs is 1. The molecule has 0 radical (unpaired) electrons. The molecule has 4 aromatic rings. The maximum absolute atomic E-state index is 13.2. The second kappa shape index (κ2) is 5.61. The minimum Gasteiger partial charge on any atom is -0.266 e. The normalized spacial score (nSPS) is 12.2. The lowest BCUT2D eigenvalue weighted by Crippen LogP contribution is -2.23. The first-order valence-electron chi connectivity index (χ1n) is 7.03. The highest BCUT2D eigenvalue weighted by molar-refractivity contribution is 7.15. The average molecular weight is 341 g/mol. The molecule has 0 aliphatic heterocycles. The molecule has 118 valence electrons. The molecule has 7 heteroatoms. The summed E-state index contributed by atoms with van der Waals surface area (Å²) in [6.45, 7) is 0. The smallest absolute Gasteiger partial charge is 0.266 e. The standard InChI is InChI=1S/C17H9F2N3OS/c18-12-6-4-11(5-7-12)15-20-17-22(21-15)16(23)14(24-17)9-10-2-1-3-13(19)8-10/h1-9H. The summed E-state index contributed by atoms with van der Waals surface area (Å²) < 4.78 is 27.8. The highest BCUT2D eigenvalue weighted by Gasteiger charge is 2.12. The van der Waals surface area contributed by atoms with Gasteiger partial charge in [-0.1, -0.05) is 23.5 Å². The van der Waals surface area contributed by atoms with Crippen molar-refractivity contribution in [2.75, 3.05) is 0 Å². The van der Waals surface area contributed by atoms with E-state index in [4.69, 9.17) is 0 Å². The molecule has 0 fully saturated rings. The number of hydrogen-bond donors (Lipinski definition) is 0. The molecular weight excluding hydrogens is 332 g/mol. The Morgan fingerprint density at radius 2 is 1.83 bits per heavy atom. The number of aromatic nitrogens is 3. The van der Waals surface area contributed by atoms with Gasteiger partial charge in [-0.05, 0) is 48.0 Å². The van der Waals surface area contributed by atoms with Crippen molar-refractivity contribution in [1.29, 1.82) is 0 Å². The van der Waals surface area contributed by atoms with Gasteiger partial charge in [0, 0.05) is 5.56 Å². The van der Waals surface area contributed by atoms with Gasteiger partial charge in [-0.15, -0.1) is 5.10 Å². The van der Waals surface area contributed by atoms with Gasteiger partial charge >= 0.3 is 0 Å². The Bertz CT molecular complexity index is 1150. The molecule has 2 aromatic carbocycles. The molecule has 0 saturated heterocycles. The van der Waals surface area contributed by atoms with Gasteiger partial charge in [0.05, 0.1) is 4.53 Å². The van der Waals surface area contributed by atoms with Crippen molar-refractivity contribution in [3.05, 3.63) is 80.6 Å². The van der Waals surface area contributed by atoms with Crippen LogP contribution in [0.1, 0.15) is 5.56 Å². The third kappa shape index (κ3) is 2.59. The van der Waals surface area contributed by atoms with Crippen molar-refractivity contribution in [1.82, 2.24) is 14.6 Å². The molecule has 0 N–H and O–H groups in total. The first kappa shape index (κ1) is 14.6. The van der Waals surface area contributed by atoms with Crippen molar-refractivity contribution in [2.45, 2.75) is 0 Å². The molecule has 4 rings (SSSR count). The maximum Gasteiger partial charge on any atom is 0.291 e. The van der Waals surface area contributed by atoms with E-state index in [1.165, 1.54) is 40.1 Å². The van der Waals surface area contributed by atoms with Crippen LogP contribution in [0.4, 0.5) is 8.78 Å². The molecule has 0 aliphatic carbocycles. The van der Waals surface area contributed by atoms with Crippen LogP contribution in [0.2, 0.25) is 0 Å². The Morgan fingerprint density at radius 3 is 2.54 bits per heavy atom. The Hall–Kier alpha value is -2.93. The summed E-state index contributed by atoms with van der Waals surface area (Å²) in [6, 6.07) is 11.7. The van der Waals surface area contributed by atoms with E-state index >= 15 is 0 Å². The zero-order valence-corrected chi connectivity index (χ0v) is 12.9.